The molecule has 0 unspecified atom stereocenters. The summed E-state index contributed by atoms with van der Waals surface area (Å²) in [5.74, 6) is 0.722. The van der Waals surface area contributed by atoms with Crippen LogP contribution in [-0.2, 0) is 6.61 Å². The number of carbonyl (C=O) groups is 1. The number of rotatable bonds is 6. The van der Waals surface area contributed by atoms with Gasteiger partial charge in [-0.1, -0.05) is 23.7 Å². The van der Waals surface area contributed by atoms with Crippen molar-refractivity contribution >= 4 is 34.7 Å². The Hall–Kier alpha value is -3.18. The summed E-state index contributed by atoms with van der Waals surface area (Å²) in [6, 6.07) is 22.1. The minimum atomic E-state index is -0.299. The molecule has 2 N–H and O–H groups in total. The predicted octanol–water partition coefficient (Wildman–Crippen LogP) is 5.63. The zero-order valence-electron chi connectivity index (χ0n) is 15.8. The average Bonchev–Trinajstić information content (AvgIpc) is 2.69. The van der Waals surface area contributed by atoms with E-state index < -0.39 is 0 Å². The van der Waals surface area contributed by atoms with Crippen LogP contribution < -0.4 is 20.3 Å². The van der Waals surface area contributed by atoms with E-state index in [1.165, 1.54) is 0 Å². The lowest BCUT2D eigenvalue weighted by Gasteiger charge is -2.13. The van der Waals surface area contributed by atoms with Crippen molar-refractivity contribution in [2.45, 2.75) is 6.61 Å². The summed E-state index contributed by atoms with van der Waals surface area (Å²) in [7, 11) is 3.94. The van der Waals surface area contributed by atoms with Crippen molar-refractivity contribution in [3.63, 3.8) is 0 Å². The van der Waals surface area contributed by atoms with Crippen LogP contribution in [0.2, 0.25) is 5.02 Å². The number of benzene rings is 3. The number of halogens is 1. The first-order valence-corrected chi connectivity index (χ1v) is 9.20. The van der Waals surface area contributed by atoms with Crippen LogP contribution in [0.15, 0.2) is 72.8 Å². The summed E-state index contributed by atoms with van der Waals surface area (Å²) in [5.41, 5.74) is 3.51. The predicted molar refractivity (Wildman–Crippen MR) is 116 cm³/mol. The molecule has 2 amide bonds. The Morgan fingerprint density at radius 1 is 0.857 bits per heavy atom. The molecule has 6 heteroatoms. The molecule has 0 aliphatic carbocycles. The van der Waals surface area contributed by atoms with Gasteiger partial charge in [0.25, 0.3) is 0 Å². The third kappa shape index (κ3) is 5.66. The number of nitrogens with one attached hydrogen (secondary N) is 2. The van der Waals surface area contributed by atoms with E-state index in [0.29, 0.717) is 17.3 Å². The molecule has 0 aliphatic heterocycles. The first-order valence-electron chi connectivity index (χ1n) is 8.82. The third-order valence-corrected chi connectivity index (χ3v) is 4.32. The first kappa shape index (κ1) is 19.6. The molecule has 0 radical (unpaired) electrons. The topological polar surface area (TPSA) is 53.6 Å². The second-order valence-electron chi connectivity index (χ2n) is 6.46. The Bertz CT molecular complexity index is 908. The smallest absolute Gasteiger partial charge is 0.323 e. The SMILES string of the molecule is CN(C)c1ccc(NC(=O)Nc2ccc(OCc3ccc(Cl)cc3)cc2)cc1. The maximum Gasteiger partial charge on any atom is 0.323 e. The van der Waals surface area contributed by atoms with E-state index in [1.54, 1.807) is 12.1 Å². The van der Waals surface area contributed by atoms with Gasteiger partial charge in [0.15, 0.2) is 0 Å². The number of nitrogens with zero attached hydrogens (tertiary/aromatic N) is 1. The quantitative estimate of drug-likeness (QED) is 0.568. The summed E-state index contributed by atoms with van der Waals surface area (Å²) < 4.78 is 5.74. The number of urea groups is 1. The maximum atomic E-state index is 12.1. The summed E-state index contributed by atoms with van der Waals surface area (Å²) >= 11 is 5.88. The molecule has 3 aromatic rings. The van der Waals surface area contributed by atoms with Crippen molar-refractivity contribution in [3.8, 4) is 5.75 Å². The summed E-state index contributed by atoms with van der Waals surface area (Å²) in [4.78, 5) is 14.1. The molecule has 28 heavy (non-hydrogen) atoms. The fourth-order valence-corrected chi connectivity index (χ4v) is 2.64. The van der Waals surface area contributed by atoms with E-state index in [9.17, 15) is 4.79 Å². The Balaban J connectivity index is 1.50. The molecule has 0 aliphatic rings. The molecular formula is C22H22ClN3O2. The highest BCUT2D eigenvalue weighted by Crippen LogP contribution is 2.19. The molecule has 0 spiro atoms. The molecule has 0 aromatic heterocycles. The van der Waals surface area contributed by atoms with Gasteiger partial charge in [0.1, 0.15) is 12.4 Å². The molecule has 5 nitrogen and oxygen atoms in total. The van der Waals surface area contributed by atoms with Gasteiger partial charge in [-0.2, -0.15) is 0 Å². The number of hydrogen-bond donors (Lipinski definition) is 2. The molecule has 0 saturated carbocycles. The monoisotopic (exact) mass is 395 g/mol. The van der Waals surface area contributed by atoms with E-state index >= 15 is 0 Å². The Morgan fingerprint density at radius 2 is 1.39 bits per heavy atom. The van der Waals surface area contributed by atoms with Crippen LogP contribution >= 0.6 is 11.6 Å². The average molecular weight is 396 g/mol. The Morgan fingerprint density at radius 3 is 1.93 bits per heavy atom. The molecule has 0 heterocycles. The van der Waals surface area contributed by atoms with Crippen LogP contribution in [-0.4, -0.2) is 20.1 Å². The van der Waals surface area contributed by atoms with Gasteiger partial charge in [0, 0.05) is 36.2 Å². The maximum absolute atomic E-state index is 12.1. The van der Waals surface area contributed by atoms with Crippen LogP contribution in [0.1, 0.15) is 5.56 Å². The zero-order valence-corrected chi connectivity index (χ0v) is 16.5. The highest BCUT2D eigenvalue weighted by atomic mass is 35.5. The minimum Gasteiger partial charge on any atom is -0.489 e. The van der Waals surface area contributed by atoms with Crippen molar-refractivity contribution in [2.24, 2.45) is 0 Å². The molecule has 0 saturated heterocycles. The lowest BCUT2D eigenvalue weighted by Crippen LogP contribution is -2.19. The second kappa shape index (κ2) is 9.15. The molecule has 3 aromatic carbocycles. The van der Waals surface area contributed by atoms with Crippen molar-refractivity contribution in [2.75, 3.05) is 29.6 Å². The van der Waals surface area contributed by atoms with Crippen molar-refractivity contribution in [3.05, 3.63) is 83.4 Å². The normalized spacial score (nSPS) is 10.2. The van der Waals surface area contributed by atoms with Crippen LogP contribution in [0, 0.1) is 0 Å². The molecule has 0 bridgehead atoms. The van der Waals surface area contributed by atoms with E-state index in [0.717, 1.165) is 22.7 Å². The molecule has 144 valence electrons. The van der Waals surface area contributed by atoms with E-state index in [1.807, 2.05) is 79.7 Å². The number of anilines is 3. The van der Waals surface area contributed by atoms with Crippen LogP contribution in [0.4, 0.5) is 21.9 Å². The lowest BCUT2D eigenvalue weighted by atomic mass is 10.2. The molecule has 0 fully saturated rings. The van der Waals surface area contributed by atoms with Gasteiger partial charge in [0.05, 0.1) is 0 Å². The van der Waals surface area contributed by atoms with Gasteiger partial charge < -0.3 is 20.3 Å². The van der Waals surface area contributed by atoms with Gasteiger partial charge in [0.2, 0.25) is 0 Å². The summed E-state index contributed by atoms with van der Waals surface area (Å²) in [6.07, 6.45) is 0. The van der Waals surface area contributed by atoms with Crippen molar-refractivity contribution in [1.82, 2.24) is 0 Å². The molecule has 0 atom stereocenters. The van der Waals surface area contributed by atoms with Crippen molar-refractivity contribution < 1.29 is 9.53 Å². The fraction of sp³-hybridized carbons (Fsp3) is 0.136. The summed E-state index contributed by atoms with van der Waals surface area (Å²) in [6.45, 7) is 0.452. The van der Waals surface area contributed by atoms with Gasteiger partial charge in [-0.15, -0.1) is 0 Å². The number of carbonyl (C=O) groups excluding carboxylic acids is 1. The summed E-state index contributed by atoms with van der Waals surface area (Å²) in [5, 5.41) is 6.32. The Labute approximate surface area is 169 Å². The largest absolute Gasteiger partial charge is 0.489 e. The van der Waals surface area contributed by atoms with Gasteiger partial charge in [-0.25, -0.2) is 4.79 Å². The Kier molecular flexibility index (Phi) is 6.40. The van der Waals surface area contributed by atoms with Crippen LogP contribution in [0.3, 0.4) is 0 Å². The fourth-order valence-electron chi connectivity index (χ4n) is 2.52. The number of amides is 2. The molecular weight excluding hydrogens is 374 g/mol. The zero-order chi connectivity index (χ0) is 19.9. The van der Waals surface area contributed by atoms with E-state index in [2.05, 4.69) is 10.6 Å². The highest BCUT2D eigenvalue weighted by Gasteiger charge is 2.04. The second-order valence-corrected chi connectivity index (χ2v) is 6.90. The van der Waals surface area contributed by atoms with E-state index in [4.69, 9.17) is 16.3 Å². The van der Waals surface area contributed by atoms with Crippen LogP contribution in [0.25, 0.3) is 0 Å². The third-order valence-electron chi connectivity index (χ3n) is 4.07. The van der Waals surface area contributed by atoms with Gasteiger partial charge >= 0.3 is 6.03 Å². The number of hydrogen-bond acceptors (Lipinski definition) is 3. The van der Waals surface area contributed by atoms with Crippen molar-refractivity contribution in [1.29, 1.82) is 0 Å². The van der Waals surface area contributed by atoms with Gasteiger partial charge in [-0.05, 0) is 66.2 Å². The first-order chi connectivity index (χ1) is 13.5. The van der Waals surface area contributed by atoms with Gasteiger partial charge in [-0.3, -0.25) is 0 Å². The number of ether oxygens (including phenoxy) is 1. The van der Waals surface area contributed by atoms with Crippen LogP contribution in [0.5, 0.6) is 5.75 Å². The highest BCUT2D eigenvalue weighted by molar-refractivity contribution is 6.30. The lowest BCUT2D eigenvalue weighted by molar-refractivity contribution is 0.262. The van der Waals surface area contributed by atoms with E-state index in [-0.39, 0.29) is 6.03 Å². The standard InChI is InChI=1S/C22H22ClN3O2/c1-26(2)20-11-7-18(8-12-20)24-22(27)25-19-9-13-21(14-10-19)28-15-16-3-5-17(23)6-4-16/h3-14H,15H2,1-2H3,(H2,24,25,27). The minimum absolute atomic E-state index is 0.299. The molecule has 3 rings (SSSR count).